The lowest BCUT2D eigenvalue weighted by atomic mass is 9.90. The smallest absolute Gasteiger partial charge is 0.269 e. The molecule has 1 unspecified atom stereocenters. The average molecular weight is 549 g/mol. The summed E-state index contributed by atoms with van der Waals surface area (Å²) in [4.78, 5) is 50.9. The average Bonchev–Trinajstić information content (AvgIpc) is 3.55. The van der Waals surface area contributed by atoms with E-state index >= 15 is 0 Å². The SMILES string of the molecule is Cc1ncc(-c2ccc(N=C(c3ccc(CN4CCCCC4=O)cc3)C3C(=O)Nc4ccc([N+](=O)[O-])cc43)cc2)[nH]1. The molecule has 1 saturated heterocycles. The van der Waals surface area contributed by atoms with Crippen LogP contribution in [0.2, 0.25) is 0 Å². The van der Waals surface area contributed by atoms with Crippen molar-refractivity contribution in [1.29, 1.82) is 0 Å². The van der Waals surface area contributed by atoms with Crippen LogP contribution < -0.4 is 5.32 Å². The number of hydrogen-bond donors (Lipinski definition) is 2. The fraction of sp³-hybridized carbons (Fsp3) is 0.226. The number of aliphatic imine (C=N–C) groups is 1. The third-order valence-corrected chi connectivity index (χ3v) is 7.53. The fourth-order valence-electron chi connectivity index (χ4n) is 5.38. The van der Waals surface area contributed by atoms with Gasteiger partial charge in [0, 0.05) is 42.9 Å². The molecule has 1 atom stereocenters. The fourth-order valence-corrected chi connectivity index (χ4v) is 5.38. The van der Waals surface area contributed by atoms with E-state index in [1.165, 1.54) is 12.1 Å². The summed E-state index contributed by atoms with van der Waals surface area (Å²) in [6, 6.07) is 19.6. The van der Waals surface area contributed by atoms with Gasteiger partial charge < -0.3 is 15.2 Å². The van der Waals surface area contributed by atoms with Crippen LogP contribution in [-0.2, 0) is 16.1 Å². The maximum atomic E-state index is 13.3. The minimum Gasteiger partial charge on any atom is -0.342 e. The Morgan fingerprint density at radius 2 is 1.85 bits per heavy atom. The molecule has 41 heavy (non-hydrogen) atoms. The van der Waals surface area contributed by atoms with Crippen molar-refractivity contribution < 1.29 is 14.5 Å². The molecule has 0 bridgehead atoms. The molecule has 0 aliphatic carbocycles. The summed E-state index contributed by atoms with van der Waals surface area (Å²) in [5, 5.41) is 14.4. The zero-order chi connectivity index (χ0) is 28.5. The molecule has 0 spiro atoms. The van der Waals surface area contributed by atoms with Crippen LogP contribution in [0.4, 0.5) is 17.1 Å². The zero-order valence-electron chi connectivity index (χ0n) is 22.5. The number of amides is 2. The molecule has 3 aromatic carbocycles. The first kappa shape index (κ1) is 26.1. The number of non-ortho nitro benzene ring substituents is 1. The molecule has 3 heterocycles. The second-order valence-corrected chi connectivity index (χ2v) is 10.3. The van der Waals surface area contributed by atoms with Gasteiger partial charge in [0.15, 0.2) is 0 Å². The number of aromatic nitrogens is 2. The standard InChI is InChI=1S/C31H28N6O4/c1-19-32-17-27(33-19)21-9-11-23(12-10-21)34-30(29-25-16-24(37(40)41)13-14-26(25)35-31(29)39)22-7-5-20(6-8-22)18-36-15-3-2-4-28(36)38/h5-14,16-17,29H,2-4,15,18H2,1H3,(H,32,33)(H,35,39). The number of aryl methyl sites for hydroxylation is 1. The molecule has 2 N–H and O–H groups in total. The van der Waals surface area contributed by atoms with Crippen LogP contribution in [0.5, 0.6) is 0 Å². The molecule has 1 aromatic heterocycles. The van der Waals surface area contributed by atoms with Gasteiger partial charge in [0.2, 0.25) is 11.8 Å². The van der Waals surface area contributed by atoms with Gasteiger partial charge in [-0.2, -0.15) is 0 Å². The number of fused-ring (bicyclic) bond motifs is 1. The minimum absolute atomic E-state index is 0.0923. The van der Waals surface area contributed by atoms with Gasteiger partial charge in [0.05, 0.1) is 28.2 Å². The lowest BCUT2D eigenvalue weighted by Crippen LogP contribution is -2.34. The number of nitrogens with one attached hydrogen (secondary N) is 2. The molecule has 10 nitrogen and oxygen atoms in total. The van der Waals surface area contributed by atoms with Crippen LogP contribution in [-0.4, -0.2) is 43.9 Å². The Hall–Kier alpha value is -5.12. The molecular weight excluding hydrogens is 520 g/mol. The zero-order valence-corrected chi connectivity index (χ0v) is 22.5. The van der Waals surface area contributed by atoms with E-state index in [-0.39, 0.29) is 17.5 Å². The molecule has 0 radical (unpaired) electrons. The lowest BCUT2D eigenvalue weighted by Gasteiger charge is -2.26. The van der Waals surface area contributed by atoms with Crippen molar-refractivity contribution in [2.24, 2.45) is 4.99 Å². The van der Waals surface area contributed by atoms with Crippen LogP contribution in [0.25, 0.3) is 11.3 Å². The highest BCUT2D eigenvalue weighted by Crippen LogP contribution is 2.38. The Morgan fingerprint density at radius 1 is 1.07 bits per heavy atom. The van der Waals surface area contributed by atoms with E-state index in [0.717, 1.165) is 42.0 Å². The van der Waals surface area contributed by atoms with E-state index in [0.29, 0.717) is 41.2 Å². The van der Waals surface area contributed by atoms with Crippen LogP contribution >= 0.6 is 0 Å². The van der Waals surface area contributed by atoms with Crippen LogP contribution in [0.1, 0.15) is 47.7 Å². The Balaban J connectivity index is 1.38. The second-order valence-electron chi connectivity index (χ2n) is 10.3. The normalized spacial score (nSPS) is 17.0. The molecule has 0 saturated carbocycles. The number of aromatic amines is 1. The summed E-state index contributed by atoms with van der Waals surface area (Å²) in [5.41, 5.74) is 5.59. The number of piperidine rings is 1. The summed E-state index contributed by atoms with van der Waals surface area (Å²) in [5.74, 6) is -0.157. The topological polar surface area (TPSA) is 134 Å². The van der Waals surface area contributed by atoms with Gasteiger partial charge >= 0.3 is 0 Å². The number of carbonyl (C=O) groups is 2. The molecule has 2 aliphatic heterocycles. The van der Waals surface area contributed by atoms with Gasteiger partial charge in [0.25, 0.3) is 5.69 Å². The monoisotopic (exact) mass is 548 g/mol. The Morgan fingerprint density at radius 3 is 2.54 bits per heavy atom. The number of nitro groups is 1. The van der Waals surface area contributed by atoms with Crippen molar-refractivity contribution in [1.82, 2.24) is 14.9 Å². The highest BCUT2D eigenvalue weighted by atomic mass is 16.6. The number of imidazole rings is 1. The molecular formula is C31H28N6O4. The van der Waals surface area contributed by atoms with Gasteiger partial charge in [-0.3, -0.25) is 24.7 Å². The number of anilines is 1. The second kappa shape index (κ2) is 10.8. The third kappa shape index (κ3) is 5.36. The van der Waals surface area contributed by atoms with Crippen molar-refractivity contribution in [3.63, 3.8) is 0 Å². The van der Waals surface area contributed by atoms with Crippen LogP contribution in [0.15, 0.2) is 77.9 Å². The Bertz CT molecular complexity index is 1670. The Labute approximate surface area is 236 Å². The summed E-state index contributed by atoms with van der Waals surface area (Å²) < 4.78 is 0. The number of benzene rings is 3. The molecule has 4 aromatic rings. The van der Waals surface area contributed by atoms with Crippen molar-refractivity contribution in [2.75, 3.05) is 11.9 Å². The molecule has 6 rings (SSSR count). The number of likely N-dealkylation sites (tertiary alicyclic amines) is 1. The van der Waals surface area contributed by atoms with Crippen molar-refractivity contribution in [3.05, 3.63) is 106 Å². The van der Waals surface area contributed by atoms with E-state index in [1.807, 2.05) is 60.4 Å². The first-order valence-corrected chi connectivity index (χ1v) is 13.5. The number of nitrogens with zero attached hydrogens (tertiary/aromatic N) is 4. The van der Waals surface area contributed by atoms with Crippen LogP contribution in [0.3, 0.4) is 0 Å². The van der Waals surface area contributed by atoms with Gasteiger partial charge in [-0.05, 0) is 54.7 Å². The number of H-pyrrole nitrogens is 1. The maximum Gasteiger partial charge on any atom is 0.269 e. The first-order valence-electron chi connectivity index (χ1n) is 13.5. The van der Waals surface area contributed by atoms with E-state index in [1.54, 1.807) is 12.3 Å². The molecule has 206 valence electrons. The number of nitro benzene ring substituents is 1. The lowest BCUT2D eigenvalue weighted by molar-refractivity contribution is -0.384. The Kier molecular flexibility index (Phi) is 6.88. The first-order chi connectivity index (χ1) is 19.9. The number of rotatable bonds is 7. The number of hydrogen-bond acceptors (Lipinski definition) is 6. The van der Waals surface area contributed by atoms with Crippen molar-refractivity contribution in [3.8, 4) is 11.3 Å². The summed E-state index contributed by atoms with van der Waals surface area (Å²) in [6.45, 7) is 3.16. The van der Waals surface area contributed by atoms with Crippen molar-refractivity contribution >= 4 is 34.6 Å². The summed E-state index contributed by atoms with van der Waals surface area (Å²) in [6.07, 6.45) is 4.28. The summed E-state index contributed by atoms with van der Waals surface area (Å²) in [7, 11) is 0. The maximum absolute atomic E-state index is 13.3. The third-order valence-electron chi connectivity index (χ3n) is 7.53. The van der Waals surface area contributed by atoms with E-state index in [4.69, 9.17) is 4.99 Å². The highest BCUT2D eigenvalue weighted by Gasteiger charge is 2.36. The largest absolute Gasteiger partial charge is 0.342 e. The van der Waals surface area contributed by atoms with E-state index in [9.17, 15) is 19.7 Å². The van der Waals surface area contributed by atoms with Gasteiger partial charge in [-0.15, -0.1) is 0 Å². The predicted octanol–water partition coefficient (Wildman–Crippen LogP) is 5.66. The van der Waals surface area contributed by atoms with E-state index in [2.05, 4.69) is 15.3 Å². The van der Waals surface area contributed by atoms with Gasteiger partial charge in [-0.25, -0.2) is 4.98 Å². The quantitative estimate of drug-likeness (QED) is 0.175. The minimum atomic E-state index is -0.839. The van der Waals surface area contributed by atoms with Gasteiger partial charge in [0.1, 0.15) is 11.7 Å². The molecule has 1 fully saturated rings. The van der Waals surface area contributed by atoms with E-state index < -0.39 is 10.8 Å². The van der Waals surface area contributed by atoms with Crippen molar-refractivity contribution in [2.45, 2.75) is 38.6 Å². The molecule has 10 heteroatoms. The number of carbonyl (C=O) groups excluding carboxylic acids is 2. The summed E-state index contributed by atoms with van der Waals surface area (Å²) >= 11 is 0. The molecule has 2 amide bonds. The highest BCUT2D eigenvalue weighted by molar-refractivity contribution is 6.24. The molecule has 2 aliphatic rings. The van der Waals surface area contributed by atoms with Gasteiger partial charge in [-0.1, -0.05) is 36.4 Å². The predicted molar refractivity (Wildman–Crippen MR) is 155 cm³/mol. The van der Waals surface area contributed by atoms with Crippen LogP contribution in [0, 0.1) is 17.0 Å².